The van der Waals surface area contributed by atoms with Crippen LogP contribution in [0.15, 0.2) is 35.6 Å². The van der Waals surface area contributed by atoms with Gasteiger partial charge < -0.3 is 15.4 Å². The van der Waals surface area contributed by atoms with E-state index in [-0.39, 0.29) is 11.8 Å². The molecule has 0 aromatic heterocycles. The number of carbonyl (C=O) groups excluding carboxylic acids is 1. The van der Waals surface area contributed by atoms with Crippen molar-refractivity contribution >= 4 is 5.91 Å². The highest BCUT2D eigenvalue weighted by atomic mass is 16.5. The minimum Gasteiger partial charge on any atom is -0.497 e. The van der Waals surface area contributed by atoms with Crippen LogP contribution in [-0.2, 0) is 9.53 Å². The van der Waals surface area contributed by atoms with Gasteiger partial charge in [0, 0.05) is 19.2 Å². The molecule has 0 spiro atoms. The summed E-state index contributed by atoms with van der Waals surface area (Å²) < 4.78 is 5.38. The molecule has 20 heavy (non-hydrogen) atoms. The summed E-state index contributed by atoms with van der Waals surface area (Å²) in [4.78, 5) is 14.0. The Balaban J connectivity index is 2.74. The van der Waals surface area contributed by atoms with Gasteiger partial charge in [-0.1, -0.05) is 38.5 Å². The highest BCUT2D eigenvalue weighted by Crippen LogP contribution is 2.17. The van der Waals surface area contributed by atoms with E-state index >= 15 is 0 Å². The van der Waals surface area contributed by atoms with Gasteiger partial charge in [-0.05, 0) is 18.4 Å². The van der Waals surface area contributed by atoms with Crippen LogP contribution >= 0.6 is 0 Å². The van der Waals surface area contributed by atoms with Crippen molar-refractivity contribution < 1.29 is 9.53 Å². The SMILES string of the molecule is CCC(C)[C@H](N)C(=O)N(C)CC1=CC=CCC=C1OC. The first kappa shape index (κ1) is 16.5. The summed E-state index contributed by atoms with van der Waals surface area (Å²) in [5.74, 6) is 0.987. The molecule has 0 fully saturated rings. The summed E-state index contributed by atoms with van der Waals surface area (Å²) >= 11 is 0. The number of likely N-dealkylation sites (N-methyl/N-ethyl adjacent to an activating group) is 1. The minimum absolute atomic E-state index is 0.0241. The van der Waals surface area contributed by atoms with Gasteiger partial charge in [-0.15, -0.1) is 0 Å². The maximum atomic E-state index is 12.3. The lowest BCUT2D eigenvalue weighted by Crippen LogP contribution is -2.46. The van der Waals surface area contributed by atoms with Gasteiger partial charge >= 0.3 is 0 Å². The molecule has 0 radical (unpaired) electrons. The third-order valence-corrected chi connectivity index (χ3v) is 3.74. The minimum atomic E-state index is -0.443. The molecular formula is C16H26N2O2. The third kappa shape index (κ3) is 4.23. The van der Waals surface area contributed by atoms with Crippen molar-refractivity contribution in [1.29, 1.82) is 0 Å². The van der Waals surface area contributed by atoms with Crippen LogP contribution < -0.4 is 5.73 Å². The first-order chi connectivity index (χ1) is 9.51. The number of hydrogen-bond acceptors (Lipinski definition) is 3. The molecule has 4 heteroatoms. The van der Waals surface area contributed by atoms with Gasteiger partial charge in [0.2, 0.25) is 5.91 Å². The lowest BCUT2D eigenvalue weighted by atomic mass is 9.99. The van der Waals surface area contributed by atoms with E-state index in [1.165, 1.54) is 0 Å². The molecule has 0 bridgehead atoms. The first-order valence-corrected chi connectivity index (χ1v) is 7.12. The third-order valence-electron chi connectivity index (χ3n) is 3.74. The number of allylic oxidation sites excluding steroid dienone is 4. The predicted octanol–water partition coefficient (Wildman–Crippen LogP) is 2.23. The Morgan fingerprint density at radius 2 is 2.25 bits per heavy atom. The molecule has 1 rings (SSSR count). The quantitative estimate of drug-likeness (QED) is 0.810. The lowest BCUT2D eigenvalue weighted by Gasteiger charge is -2.25. The molecule has 1 unspecified atom stereocenters. The zero-order valence-electron chi connectivity index (χ0n) is 12.9. The Morgan fingerprint density at radius 1 is 1.55 bits per heavy atom. The van der Waals surface area contributed by atoms with Crippen LogP contribution in [0.25, 0.3) is 0 Å². The van der Waals surface area contributed by atoms with Gasteiger partial charge in [0.25, 0.3) is 0 Å². The number of nitrogens with two attached hydrogens (primary N) is 1. The average molecular weight is 278 g/mol. The number of nitrogens with zero attached hydrogens (tertiary/aromatic N) is 1. The molecule has 2 N–H and O–H groups in total. The molecule has 0 aromatic carbocycles. The van der Waals surface area contributed by atoms with E-state index in [1.54, 1.807) is 19.1 Å². The summed E-state index contributed by atoms with van der Waals surface area (Å²) in [6, 6.07) is -0.443. The van der Waals surface area contributed by atoms with Gasteiger partial charge in [-0.3, -0.25) is 4.79 Å². The molecule has 0 saturated carbocycles. The Kier molecular flexibility index (Phi) is 6.52. The van der Waals surface area contributed by atoms with Crippen LogP contribution in [0.1, 0.15) is 26.7 Å². The molecule has 1 aliphatic rings. The van der Waals surface area contributed by atoms with Crippen LogP contribution in [0, 0.1) is 5.92 Å². The zero-order valence-corrected chi connectivity index (χ0v) is 12.9. The van der Waals surface area contributed by atoms with Crippen LogP contribution in [-0.4, -0.2) is 37.6 Å². The molecule has 0 heterocycles. The topological polar surface area (TPSA) is 55.6 Å². The second-order valence-corrected chi connectivity index (χ2v) is 5.23. The van der Waals surface area contributed by atoms with Crippen LogP contribution in [0.3, 0.4) is 0 Å². The molecule has 1 aliphatic carbocycles. The molecule has 1 amide bonds. The second kappa shape index (κ2) is 7.90. The fourth-order valence-corrected chi connectivity index (χ4v) is 2.08. The summed E-state index contributed by atoms with van der Waals surface area (Å²) in [5.41, 5.74) is 7.00. The van der Waals surface area contributed by atoms with E-state index in [9.17, 15) is 4.79 Å². The fourth-order valence-electron chi connectivity index (χ4n) is 2.08. The first-order valence-electron chi connectivity index (χ1n) is 7.12. The molecule has 4 nitrogen and oxygen atoms in total. The van der Waals surface area contributed by atoms with Crippen LogP contribution in [0.5, 0.6) is 0 Å². The largest absolute Gasteiger partial charge is 0.497 e. The van der Waals surface area contributed by atoms with Crippen molar-refractivity contribution in [2.45, 2.75) is 32.7 Å². The second-order valence-electron chi connectivity index (χ2n) is 5.23. The zero-order chi connectivity index (χ0) is 15.1. The van der Waals surface area contributed by atoms with E-state index in [1.807, 2.05) is 32.1 Å². The monoisotopic (exact) mass is 278 g/mol. The maximum Gasteiger partial charge on any atom is 0.239 e. The van der Waals surface area contributed by atoms with Crippen molar-refractivity contribution in [3.8, 4) is 0 Å². The Hall–Kier alpha value is -1.55. The number of ether oxygens (including phenoxy) is 1. The number of carbonyl (C=O) groups is 1. The number of methoxy groups -OCH3 is 1. The summed E-state index contributed by atoms with van der Waals surface area (Å²) in [6.07, 6.45) is 9.79. The molecule has 0 aliphatic heterocycles. The number of amides is 1. The molecule has 0 aromatic rings. The Morgan fingerprint density at radius 3 is 2.85 bits per heavy atom. The lowest BCUT2D eigenvalue weighted by molar-refractivity contribution is -0.132. The maximum absolute atomic E-state index is 12.3. The van der Waals surface area contributed by atoms with Gasteiger partial charge in [-0.25, -0.2) is 0 Å². The molecule has 2 atom stereocenters. The number of rotatable bonds is 6. The van der Waals surface area contributed by atoms with E-state index in [4.69, 9.17) is 10.5 Å². The van der Waals surface area contributed by atoms with Gasteiger partial charge in [0.15, 0.2) is 0 Å². The standard InChI is InChI=1S/C16H26N2O2/c1-5-12(2)15(17)16(19)18(3)11-13-9-7-6-8-10-14(13)20-4/h6-7,9-10,12,15H,5,8,11,17H2,1-4H3/t12?,15-/m0/s1. The molecule has 0 saturated heterocycles. The van der Waals surface area contributed by atoms with Crippen LogP contribution in [0.4, 0.5) is 0 Å². The van der Waals surface area contributed by atoms with Gasteiger partial charge in [-0.2, -0.15) is 0 Å². The van der Waals surface area contributed by atoms with Crippen molar-refractivity contribution in [3.63, 3.8) is 0 Å². The Labute approximate surface area is 122 Å². The average Bonchev–Trinajstić information content (AvgIpc) is 2.69. The summed E-state index contributed by atoms with van der Waals surface area (Å²) in [5, 5.41) is 0. The number of hydrogen-bond donors (Lipinski definition) is 1. The highest BCUT2D eigenvalue weighted by molar-refractivity contribution is 5.82. The fraction of sp³-hybridized carbons (Fsp3) is 0.562. The molecule has 112 valence electrons. The Bertz CT molecular complexity index is 424. The van der Waals surface area contributed by atoms with Crippen LogP contribution in [0.2, 0.25) is 0 Å². The van der Waals surface area contributed by atoms with Crippen molar-refractivity contribution in [3.05, 3.63) is 35.6 Å². The van der Waals surface area contributed by atoms with E-state index < -0.39 is 6.04 Å². The summed E-state index contributed by atoms with van der Waals surface area (Å²) in [6.45, 7) is 4.56. The van der Waals surface area contributed by atoms with Gasteiger partial charge in [0.1, 0.15) is 5.76 Å². The van der Waals surface area contributed by atoms with Crippen molar-refractivity contribution in [2.75, 3.05) is 20.7 Å². The van der Waals surface area contributed by atoms with E-state index in [0.29, 0.717) is 6.54 Å². The van der Waals surface area contributed by atoms with E-state index in [2.05, 4.69) is 6.08 Å². The molecular weight excluding hydrogens is 252 g/mol. The predicted molar refractivity (Wildman–Crippen MR) is 82.0 cm³/mol. The van der Waals surface area contributed by atoms with E-state index in [0.717, 1.165) is 24.2 Å². The van der Waals surface area contributed by atoms with Crippen molar-refractivity contribution in [2.24, 2.45) is 11.7 Å². The van der Waals surface area contributed by atoms with Gasteiger partial charge in [0.05, 0.1) is 13.2 Å². The highest BCUT2D eigenvalue weighted by Gasteiger charge is 2.23. The normalized spacial score (nSPS) is 17.6. The smallest absolute Gasteiger partial charge is 0.239 e. The summed E-state index contributed by atoms with van der Waals surface area (Å²) in [7, 11) is 3.44. The van der Waals surface area contributed by atoms with Crippen molar-refractivity contribution in [1.82, 2.24) is 4.90 Å².